The molecule has 0 spiro atoms. The summed E-state index contributed by atoms with van der Waals surface area (Å²) >= 11 is 0. The second kappa shape index (κ2) is 5.87. The minimum absolute atomic E-state index is 0.0172. The van der Waals surface area contributed by atoms with E-state index in [0.717, 1.165) is 30.4 Å². The second-order valence-electron chi connectivity index (χ2n) is 5.20. The molecule has 1 aromatic heterocycles. The van der Waals surface area contributed by atoms with Gasteiger partial charge in [-0.3, -0.25) is 9.78 Å². The highest BCUT2D eigenvalue weighted by molar-refractivity contribution is 5.94. The van der Waals surface area contributed by atoms with Gasteiger partial charge in [-0.05, 0) is 60.6 Å². The van der Waals surface area contributed by atoms with Gasteiger partial charge in [0.25, 0.3) is 5.91 Å². The minimum atomic E-state index is 0.0172. The molecule has 3 nitrogen and oxygen atoms in total. The van der Waals surface area contributed by atoms with Crippen LogP contribution in [0.2, 0.25) is 0 Å². The van der Waals surface area contributed by atoms with Gasteiger partial charge in [-0.1, -0.05) is 12.1 Å². The van der Waals surface area contributed by atoms with Crippen LogP contribution in [0, 0.1) is 0 Å². The molecule has 0 radical (unpaired) electrons. The number of rotatable bonds is 4. The third-order valence-corrected chi connectivity index (χ3v) is 3.78. The van der Waals surface area contributed by atoms with E-state index in [2.05, 4.69) is 16.4 Å². The van der Waals surface area contributed by atoms with Crippen molar-refractivity contribution < 1.29 is 4.79 Å². The van der Waals surface area contributed by atoms with Gasteiger partial charge in [0.2, 0.25) is 0 Å². The molecular weight excluding hydrogens is 248 g/mol. The maximum absolute atomic E-state index is 12.1. The van der Waals surface area contributed by atoms with E-state index >= 15 is 0 Å². The summed E-state index contributed by atoms with van der Waals surface area (Å²) in [6, 6.07) is 10.0. The summed E-state index contributed by atoms with van der Waals surface area (Å²) < 4.78 is 0. The van der Waals surface area contributed by atoms with Gasteiger partial charge in [-0.15, -0.1) is 0 Å². The van der Waals surface area contributed by atoms with Crippen LogP contribution in [-0.2, 0) is 19.3 Å². The largest absolute Gasteiger partial charge is 0.352 e. The molecule has 2 aromatic rings. The lowest BCUT2D eigenvalue weighted by Gasteiger charge is -2.07. The molecule has 1 aliphatic rings. The Morgan fingerprint density at radius 3 is 2.95 bits per heavy atom. The van der Waals surface area contributed by atoms with E-state index in [-0.39, 0.29) is 5.91 Å². The number of amides is 1. The van der Waals surface area contributed by atoms with Crippen molar-refractivity contribution >= 4 is 5.91 Å². The molecule has 3 rings (SSSR count). The first-order valence-electron chi connectivity index (χ1n) is 7.12. The van der Waals surface area contributed by atoms with Gasteiger partial charge in [0, 0.05) is 24.5 Å². The first kappa shape index (κ1) is 12.9. The fourth-order valence-corrected chi connectivity index (χ4v) is 2.68. The van der Waals surface area contributed by atoms with Crippen LogP contribution in [0.5, 0.6) is 0 Å². The highest BCUT2D eigenvalue weighted by atomic mass is 16.1. The summed E-state index contributed by atoms with van der Waals surface area (Å²) in [7, 11) is 0. The van der Waals surface area contributed by atoms with Gasteiger partial charge >= 0.3 is 0 Å². The number of hydrogen-bond donors (Lipinski definition) is 1. The lowest BCUT2D eigenvalue weighted by atomic mass is 10.1. The molecule has 0 saturated carbocycles. The summed E-state index contributed by atoms with van der Waals surface area (Å²) in [4.78, 5) is 16.2. The van der Waals surface area contributed by atoms with Crippen molar-refractivity contribution in [2.75, 3.05) is 6.54 Å². The molecule has 0 unspecified atom stereocenters. The number of pyridine rings is 1. The smallest absolute Gasteiger partial charge is 0.251 e. The number of carbonyl (C=O) groups is 1. The molecule has 0 atom stereocenters. The van der Waals surface area contributed by atoms with Crippen molar-refractivity contribution in [2.45, 2.75) is 25.7 Å². The van der Waals surface area contributed by atoms with Crippen LogP contribution in [-0.4, -0.2) is 17.4 Å². The number of hydrogen-bond acceptors (Lipinski definition) is 2. The fraction of sp³-hybridized carbons (Fsp3) is 0.294. The van der Waals surface area contributed by atoms with Crippen molar-refractivity contribution in [3.63, 3.8) is 0 Å². The highest BCUT2D eigenvalue weighted by Crippen LogP contribution is 2.22. The number of fused-ring (bicyclic) bond motifs is 1. The maximum Gasteiger partial charge on any atom is 0.251 e. The highest BCUT2D eigenvalue weighted by Gasteiger charge is 2.13. The number of nitrogens with zero attached hydrogens (tertiary/aromatic N) is 1. The Labute approximate surface area is 119 Å². The lowest BCUT2D eigenvalue weighted by molar-refractivity contribution is 0.0954. The minimum Gasteiger partial charge on any atom is -0.352 e. The van der Waals surface area contributed by atoms with Gasteiger partial charge < -0.3 is 5.32 Å². The van der Waals surface area contributed by atoms with E-state index in [1.807, 2.05) is 30.5 Å². The van der Waals surface area contributed by atoms with Crippen molar-refractivity contribution in [1.82, 2.24) is 10.3 Å². The topological polar surface area (TPSA) is 42.0 Å². The number of aryl methyl sites for hydroxylation is 2. The van der Waals surface area contributed by atoms with Crippen LogP contribution in [0.3, 0.4) is 0 Å². The Kier molecular flexibility index (Phi) is 3.77. The van der Waals surface area contributed by atoms with E-state index in [9.17, 15) is 4.79 Å². The Balaban J connectivity index is 1.57. The van der Waals surface area contributed by atoms with Gasteiger partial charge in [-0.25, -0.2) is 0 Å². The van der Waals surface area contributed by atoms with Gasteiger partial charge in [0.1, 0.15) is 0 Å². The average Bonchev–Trinajstić information content (AvgIpc) is 2.95. The van der Waals surface area contributed by atoms with E-state index < -0.39 is 0 Å². The number of carbonyl (C=O) groups excluding carboxylic acids is 1. The first-order chi connectivity index (χ1) is 9.83. The Morgan fingerprint density at radius 2 is 2.10 bits per heavy atom. The quantitative estimate of drug-likeness (QED) is 0.924. The summed E-state index contributed by atoms with van der Waals surface area (Å²) in [6.45, 7) is 0.640. The Morgan fingerprint density at radius 1 is 1.20 bits per heavy atom. The predicted octanol–water partition coefficient (Wildman–Crippen LogP) is 2.54. The molecule has 102 valence electrons. The molecule has 1 aliphatic carbocycles. The zero-order chi connectivity index (χ0) is 13.8. The van der Waals surface area contributed by atoms with Crippen molar-refractivity contribution in [3.8, 4) is 0 Å². The normalized spacial score (nSPS) is 13.0. The fourth-order valence-electron chi connectivity index (χ4n) is 2.68. The molecule has 0 bridgehead atoms. The summed E-state index contributed by atoms with van der Waals surface area (Å²) in [5.41, 5.74) is 4.65. The third-order valence-electron chi connectivity index (χ3n) is 3.78. The van der Waals surface area contributed by atoms with Crippen molar-refractivity contribution in [2.24, 2.45) is 0 Å². The Bertz CT molecular complexity index is 608. The molecule has 20 heavy (non-hydrogen) atoms. The predicted molar refractivity (Wildman–Crippen MR) is 78.7 cm³/mol. The molecule has 3 heteroatoms. The molecular formula is C17H18N2O. The van der Waals surface area contributed by atoms with Gasteiger partial charge in [0.15, 0.2) is 0 Å². The lowest BCUT2D eigenvalue weighted by Crippen LogP contribution is -2.25. The van der Waals surface area contributed by atoms with Gasteiger partial charge in [0.05, 0.1) is 0 Å². The molecule has 0 saturated heterocycles. The molecule has 1 N–H and O–H groups in total. The standard InChI is InChI=1S/C17H18N2O/c20-17(19-10-8-13-3-2-9-18-12-13)16-7-6-14-4-1-5-15(14)11-16/h2-3,6-7,9,11-12H,1,4-5,8,10H2,(H,19,20). The molecule has 1 heterocycles. The van der Waals surface area contributed by atoms with Crippen LogP contribution in [0.15, 0.2) is 42.7 Å². The van der Waals surface area contributed by atoms with E-state index in [1.165, 1.54) is 17.5 Å². The Hall–Kier alpha value is -2.16. The first-order valence-corrected chi connectivity index (χ1v) is 7.12. The summed E-state index contributed by atoms with van der Waals surface area (Å²) in [5.74, 6) is 0.0172. The van der Waals surface area contributed by atoms with E-state index in [0.29, 0.717) is 6.54 Å². The average molecular weight is 266 g/mol. The molecule has 0 fully saturated rings. The van der Waals surface area contributed by atoms with Crippen LogP contribution >= 0.6 is 0 Å². The summed E-state index contributed by atoms with van der Waals surface area (Å²) in [5, 5.41) is 2.97. The zero-order valence-corrected chi connectivity index (χ0v) is 11.4. The van der Waals surface area contributed by atoms with E-state index in [4.69, 9.17) is 0 Å². The number of aromatic nitrogens is 1. The maximum atomic E-state index is 12.1. The molecule has 1 aromatic carbocycles. The zero-order valence-electron chi connectivity index (χ0n) is 11.4. The summed E-state index contributed by atoms with van der Waals surface area (Å²) in [6.07, 6.45) is 7.87. The monoisotopic (exact) mass is 266 g/mol. The SMILES string of the molecule is O=C(NCCc1cccnc1)c1ccc2c(c1)CCC2. The van der Waals surface area contributed by atoms with E-state index in [1.54, 1.807) is 6.20 Å². The number of nitrogens with one attached hydrogen (secondary N) is 1. The van der Waals surface area contributed by atoms with Crippen molar-refractivity contribution in [1.29, 1.82) is 0 Å². The van der Waals surface area contributed by atoms with Gasteiger partial charge in [-0.2, -0.15) is 0 Å². The van der Waals surface area contributed by atoms with Crippen LogP contribution in [0.1, 0.15) is 33.5 Å². The third kappa shape index (κ3) is 2.87. The molecule has 1 amide bonds. The van der Waals surface area contributed by atoms with Crippen LogP contribution < -0.4 is 5.32 Å². The van der Waals surface area contributed by atoms with Crippen LogP contribution in [0.4, 0.5) is 0 Å². The second-order valence-corrected chi connectivity index (χ2v) is 5.20. The molecule has 0 aliphatic heterocycles. The van der Waals surface area contributed by atoms with Crippen molar-refractivity contribution in [3.05, 3.63) is 65.0 Å². The number of benzene rings is 1. The van der Waals surface area contributed by atoms with Crippen LogP contribution in [0.25, 0.3) is 0 Å².